The van der Waals surface area contributed by atoms with Gasteiger partial charge in [-0.3, -0.25) is 9.59 Å². The van der Waals surface area contributed by atoms with E-state index in [0.29, 0.717) is 35.6 Å². The Hall–Kier alpha value is -1.10. The number of rotatable bonds is 4. The fourth-order valence-corrected chi connectivity index (χ4v) is 12.0. The molecule has 5 heteroatoms. The summed E-state index contributed by atoms with van der Waals surface area (Å²) in [6.07, 6.45) is 15.9. The van der Waals surface area contributed by atoms with E-state index in [4.69, 9.17) is 0 Å². The molecule has 0 radical (unpaired) electrons. The monoisotopic (exact) mass is 454 g/mol. The van der Waals surface area contributed by atoms with E-state index in [-0.39, 0.29) is 16.2 Å². The van der Waals surface area contributed by atoms with Crippen molar-refractivity contribution >= 4 is 11.9 Å². The molecule has 9 fully saturated rings. The van der Waals surface area contributed by atoms with Gasteiger partial charge in [0.15, 0.2) is 0 Å². The third-order valence-electron chi connectivity index (χ3n) is 12.3. The van der Waals surface area contributed by atoms with Gasteiger partial charge in [-0.15, -0.1) is 0 Å². The van der Waals surface area contributed by atoms with Crippen molar-refractivity contribution in [1.82, 2.24) is 10.2 Å². The molecule has 5 unspecified atom stereocenters. The Balaban J connectivity index is 1.24. The molecular formula is C28H42N2O3. The molecule has 0 aromatic carbocycles. The van der Waals surface area contributed by atoms with Gasteiger partial charge in [-0.25, -0.2) is 0 Å². The summed E-state index contributed by atoms with van der Waals surface area (Å²) >= 11 is 0. The lowest BCUT2D eigenvalue weighted by Crippen LogP contribution is -2.67. The van der Waals surface area contributed by atoms with Crippen LogP contribution in [0.4, 0.5) is 0 Å². The molecule has 0 aromatic heterocycles. The number of carboxylic acid groups (broad SMARTS) is 1. The molecule has 9 aliphatic rings. The van der Waals surface area contributed by atoms with Crippen LogP contribution in [0.5, 0.6) is 0 Å². The van der Waals surface area contributed by atoms with E-state index in [0.717, 1.165) is 64.5 Å². The van der Waals surface area contributed by atoms with Crippen molar-refractivity contribution in [2.45, 2.75) is 95.9 Å². The van der Waals surface area contributed by atoms with E-state index >= 15 is 0 Å². The van der Waals surface area contributed by atoms with Crippen LogP contribution in [0.1, 0.15) is 89.9 Å². The number of aliphatic carboxylic acids is 1. The minimum absolute atomic E-state index is 0.171. The molecule has 9 rings (SSSR count). The average Bonchev–Trinajstić information content (AvgIpc) is 2.77. The maximum atomic E-state index is 14.2. The Morgan fingerprint density at radius 3 is 1.82 bits per heavy atom. The summed E-state index contributed by atoms with van der Waals surface area (Å²) in [7, 11) is 2.08. The first kappa shape index (κ1) is 21.2. The quantitative estimate of drug-likeness (QED) is 0.658. The van der Waals surface area contributed by atoms with Crippen LogP contribution in [0.25, 0.3) is 0 Å². The van der Waals surface area contributed by atoms with Crippen molar-refractivity contribution < 1.29 is 14.7 Å². The van der Waals surface area contributed by atoms with Gasteiger partial charge in [-0.1, -0.05) is 0 Å². The van der Waals surface area contributed by atoms with Crippen LogP contribution in [0.15, 0.2) is 0 Å². The number of nitrogens with one attached hydrogen (secondary N) is 1. The normalized spacial score (nSPS) is 53.9. The molecular weight excluding hydrogens is 412 g/mol. The second-order valence-corrected chi connectivity index (χ2v) is 14.3. The van der Waals surface area contributed by atoms with Crippen molar-refractivity contribution in [2.24, 2.45) is 45.3 Å². The first-order valence-corrected chi connectivity index (χ1v) is 14.0. The molecule has 1 aliphatic heterocycles. The number of hydrogen-bond acceptors (Lipinski definition) is 3. The lowest BCUT2D eigenvalue weighted by Gasteiger charge is -2.73. The van der Waals surface area contributed by atoms with Gasteiger partial charge < -0.3 is 15.3 Å². The number of likely N-dealkylation sites (N-methyl/N-ethyl adjacent to an activating group) is 1. The van der Waals surface area contributed by atoms with E-state index in [1.165, 1.54) is 38.5 Å². The van der Waals surface area contributed by atoms with Gasteiger partial charge in [-0.05, 0) is 131 Å². The molecule has 8 saturated carbocycles. The van der Waals surface area contributed by atoms with Crippen LogP contribution in [0.2, 0.25) is 0 Å². The van der Waals surface area contributed by atoms with Crippen LogP contribution in [0.3, 0.4) is 0 Å². The fourth-order valence-electron chi connectivity index (χ4n) is 12.0. The molecule has 1 heterocycles. The summed E-state index contributed by atoms with van der Waals surface area (Å²) < 4.78 is 0. The fraction of sp³-hybridized carbons (Fsp3) is 0.929. The topological polar surface area (TPSA) is 69.6 Å². The predicted octanol–water partition coefficient (Wildman–Crippen LogP) is 4.45. The number of carbonyl (C=O) groups excluding carboxylic acids is 1. The van der Waals surface area contributed by atoms with Gasteiger partial charge in [0.1, 0.15) is 0 Å². The lowest BCUT2D eigenvalue weighted by atomic mass is 9.31. The Kier molecular flexibility index (Phi) is 4.35. The number of carbonyl (C=O) groups is 2. The van der Waals surface area contributed by atoms with Crippen LogP contribution < -0.4 is 5.32 Å². The van der Waals surface area contributed by atoms with E-state index in [1.54, 1.807) is 0 Å². The molecule has 8 bridgehead atoms. The molecule has 182 valence electrons. The van der Waals surface area contributed by atoms with Crippen molar-refractivity contribution in [2.75, 3.05) is 20.1 Å². The first-order valence-electron chi connectivity index (χ1n) is 14.0. The number of piperidine rings is 1. The zero-order chi connectivity index (χ0) is 22.6. The van der Waals surface area contributed by atoms with Gasteiger partial charge in [0, 0.05) is 19.6 Å². The molecule has 1 saturated heterocycles. The first-order chi connectivity index (χ1) is 15.8. The largest absolute Gasteiger partial charge is 0.481 e. The standard InChI is InChI=1S/C28H42N2O3/c1-30(22-3-2-4-29-15-22)23(31)25-7-18-5-19(8-25)12-27(11-18,16-25)28-13-20-6-21(14-28)10-26(9-20,17-28)24(32)33/h18-22,29H,2-17H2,1H3,(H,32,33). The Bertz CT molecular complexity index is 848. The highest BCUT2D eigenvalue weighted by molar-refractivity contribution is 5.83. The second-order valence-electron chi connectivity index (χ2n) is 14.3. The molecule has 1 amide bonds. The summed E-state index contributed by atoms with van der Waals surface area (Å²) in [5, 5.41) is 13.9. The highest BCUT2D eigenvalue weighted by Gasteiger charge is 2.72. The molecule has 5 atom stereocenters. The van der Waals surface area contributed by atoms with E-state index in [1.807, 2.05) is 0 Å². The highest BCUT2D eigenvalue weighted by atomic mass is 16.4. The van der Waals surface area contributed by atoms with Crippen molar-refractivity contribution in [3.63, 3.8) is 0 Å². The smallest absolute Gasteiger partial charge is 0.309 e. The number of amides is 1. The van der Waals surface area contributed by atoms with Gasteiger partial charge in [-0.2, -0.15) is 0 Å². The molecule has 0 spiro atoms. The van der Waals surface area contributed by atoms with Crippen LogP contribution in [-0.2, 0) is 9.59 Å². The SMILES string of the molecule is CN(C(=O)C12CC3CC(C1)CC(C14CC5CC(CC(C(=O)O)(C5)C1)C4)(C3)C2)C1CCCNC1. The summed E-state index contributed by atoms with van der Waals surface area (Å²) in [4.78, 5) is 29.0. The zero-order valence-corrected chi connectivity index (χ0v) is 20.4. The van der Waals surface area contributed by atoms with E-state index < -0.39 is 11.4 Å². The summed E-state index contributed by atoms with van der Waals surface area (Å²) in [6, 6.07) is 0.338. The third-order valence-corrected chi connectivity index (χ3v) is 12.3. The van der Waals surface area contributed by atoms with E-state index in [2.05, 4.69) is 17.3 Å². The molecule has 5 nitrogen and oxygen atoms in total. The van der Waals surface area contributed by atoms with Crippen molar-refractivity contribution in [3.05, 3.63) is 0 Å². The molecule has 2 N–H and O–H groups in total. The number of hydrogen-bond donors (Lipinski definition) is 2. The number of carboxylic acids is 1. The van der Waals surface area contributed by atoms with Gasteiger partial charge >= 0.3 is 5.97 Å². The zero-order valence-electron chi connectivity index (χ0n) is 20.4. The second kappa shape index (κ2) is 6.77. The molecule has 8 aliphatic carbocycles. The Morgan fingerprint density at radius 2 is 1.33 bits per heavy atom. The summed E-state index contributed by atoms with van der Waals surface area (Å²) in [5.74, 6) is 2.51. The minimum Gasteiger partial charge on any atom is -0.481 e. The highest BCUT2D eigenvalue weighted by Crippen LogP contribution is 2.78. The van der Waals surface area contributed by atoms with Gasteiger partial charge in [0.2, 0.25) is 5.91 Å². The lowest BCUT2D eigenvalue weighted by molar-refractivity contribution is -0.240. The Labute approximate surface area is 198 Å². The predicted molar refractivity (Wildman–Crippen MR) is 125 cm³/mol. The Morgan fingerprint density at radius 1 is 0.818 bits per heavy atom. The van der Waals surface area contributed by atoms with Gasteiger partial charge in [0.05, 0.1) is 10.8 Å². The summed E-state index contributed by atoms with van der Waals surface area (Å²) in [5.41, 5.74) is -0.230. The van der Waals surface area contributed by atoms with Crippen molar-refractivity contribution in [3.8, 4) is 0 Å². The van der Waals surface area contributed by atoms with Crippen LogP contribution in [0, 0.1) is 45.3 Å². The number of nitrogens with zero attached hydrogens (tertiary/aromatic N) is 1. The van der Waals surface area contributed by atoms with Crippen LogP contribution >= 0.6 is 0 Å². The molecule has 33 heavy (non-hydrogen) atoms. The minimum atomic E-state index is -0.513. The maximum Gasteiger partial charge on any atom is 0.309 e. The molecule has 0 aromatic rings. The van der Waals surface area contributed by atoms with Crippen LogP contribution in [-0.4, -0.2) is 48.1 Å². The van der Waals surface area contributed by atoms with Crippen molar-refractivity contribution in [1.29, 1.82) is 0 Å². The average molecular weight is 455 g/mol. The maximum absolute atomic E-state index is 14.2. The third kappa shape index (κ3) is 2.81. The van der Waals surface area contributed by atoms with Gasteiger partial charge in [0.25, 0.3) is 0 Å². The summed E-state index contributed by atoms with van der Waals surface area (Å²) in [6.45, 7) is 2.01. The van der Waals surface area contributed by atoms with E-state index in [9.17, 15) is 14.7 Å².